The number of thioether (sulfide) groups is 1. The second-order valence-electron chi connectivity index (χ2n) is 3.96. The number of aliphatic imine (C=N–C) groups is 1. The summed E-state index contributed by atoms with van der Waals surface area (Å²) < 4.78 is 0. The van der Waals surface area contributed by atoms with Gasteiger partial charge in [-0.3, -0.25) is 4.99 Å². The van der Waals surface area contributed by atoms with Gasteiger partial charge in [-0.25, -0.2) is 0 Å². The zero-order chi connectivity index (χ0) is 11.4. The summed E-state index contributed by atoms with van der Waals surface area (Å²) in [5.74, 6) is 1.17. The molecule has 0 unspecified atom stereocenters. The zero-order valence-electron chi connectivity index (χ0n) is 9.73. The Morgan fingerprint density at radius 3 is 2.94 bits per heavy atom. The fourth-order valence-electron chi connectivity index (χ4n) is 1.52. The monoisotopic (exact) mass is 235 g/mol. The highest BCUT2D eigenvalue weighted by molar-refractivity contribution is 8.14. The molecule has 1 aromatic rings. The maximum atomic E-state index is 4.45. The van der Waals surface area contributed by atoms with Crippen LogP contribution in [0.4, 0.5) is 11.4 Å². The lowest BCUT2D eigenvalue weighted by atomic mass is 10.2. The van der Waals surface area contributed by atoms with E-state index in [-0.39, 0.29) is 0 Å². The summed E-state index contributed by atoms with van der Waals surface area (Å²) in [6, 6.07) is 8.37. The van der Waals surface area contributed by atoms with Crippen LogP contribution in [-0.2, 0) is 0 Å². The first-order valence-corrected chi connectivity index (χ1v) is 6.46. The fourth-order valence-corrected chi connectivity index (χ4v) is 2.36. The van der Waals surface area contributed by atoms with Gasteiger partial charge in [-0.2, -0.15) is 0 Å². The van der Waals surface area contributed by atoms with E-state index in [1.54, 1.807) is 11.8 Å². The molecule has 3 nitrogen and oxygen atoms in total. The number of anilines is 2. The molecule has 0 radical (unpaired) electrons. The Kier molecular flexibility index (Phi) is 3.72. The summed E-state index contributed by atoms with van der Waals surface area (Å²) in [4.78, 5) is 6.55. The Labute approximate surface area is 101 Å². The van der Waals surface area contributed by atoms with Gasteiger partial charge in [0.2, 0.25) is 0 Å². The number of rotatable bonds is 2. The van der Waals surface area contributed by atoms with Crippen LogP contribution in [0.3, 0.4) is 0 Å². The Hall–Kier alpha value is -1.16. The number of benzene rings is 1. The molecule has 86 valence electrons. The van der Waals surface area contributed by atoms with Crippen molar-refractivity contribution < 1.29 is 0 Å². The van der Waals surface area contributed by atoms with Crippen LogP contribution in [-0.4, -0.2) is 31.6 Å². The van der Waals surface area contributed by atoms with E-state index in [2.05, 4.69) is 39.5 Å². The minimum Gasteiger partial charge on any atom is -0.378 e. The van der Waals surface area contributed by atoms with E-state index in [1.165, 1.54) is 17.9 Å². The third-order valence-corrected chi connectivity index (χ3v) is 3.41. The van der Waals surface area contributed by atoms with E-state index in [4.69, 9.17) is 0 Å². The van der Waals surface area contributed by atoms with E-state index in [9.17, 15) is 0 Å². The molecule has 1 N–H and O–H groups in total. The lowest BCUT2D eigenvalue weighted by Crippen LogP contribution is -2.14. The molecule has 0 saturated heterocycles. The largest absolute Gasteiger partial charge is 0.378 e. The smallest absolute Gasteiger partial charge is 0.161 e. The standard InChI is InChI=1S/C12H17N3S/c1-15(2)11-6-3-5-10(9-11)14-12-13-7-4-8-16-12/h3,5-6,9H,4,7-8H2,1-2H3,(H,13,14). The molecule has 0 spiro atoms. The van der Waals surface area contributed by atoms with Gasteiger partial charge in [0.15, 0.2) is 5.17 Å². The lowest BCUT2D eigenvalue weighted by Gasteiger charge is -2.16. The summed E-state index contributed by atoms with van der Waals surface area (Å²) in [5.41, 5.74) is 2.31. The second-order valence-corrected chi connectivity index (χ2v) is 5.04. The highest BCUT2D eigenvalue weighted by Crippen LogP contribution is 2.20. The van der Waals surface area contributed by atoms with Crippen molar-refractivity contribution in [2.24, 2.45) is 4.99 Å². The summed E-state index contributed by atoms with van der Waals surface area (Å²) >= 11 is 1.80. The number of hydrogen-bond donors (Lipinski definition) is 1. The van der Waals surface area contributed by atoms with Gasteiger partial charge in [0.05, 0.1) is 0 Å². The minimum atomic E-state index is 0.947. The van der Waals surface area contributed by atoms with Crippen molar-refractivity contribution in [1.29, 1.82) is 0 Å². The third kappa shape index (κ3) is 2.92. The van der Waals surface area contributed by atoms with Crippen LogP contribution >= 0.6 is 11.8 Å². The van der Waals surface area contributed by atoms with Gasteiger partial charge in [-0.1, -0.05) is 17.8 Å². The molecule has 0 aliphatic carbocycles. The van der Waals surface area contributed by atoms with Gasteiger partial charge >= 0.3 is 0 Å². The first-order chi connectivity index (χ1) is 7.75. The lowest BCUT2D eigenvalue weighted by molar-refractivity contribution is 0.938. The molecule has 1 heterocycles. The summed E-state index contributed by atoms with van der Waals surface area (Å²) in [6.07, 6.45) is 1.19. The Morgan fingerprint density at radius 2 is 2.25 bits per heavy atom. The highest BCUT2D eigenvalue weighted by atomic mass is 32.2. The van der Waals surface area contributed by atoms with Crippen molar-refractivity contribution in [3.8, 4) is 0 Å². The zero-order valence-corrected chi connectivity index (χ0v) is 10.5. The molecular formula is C12H17N3S. The summed E-state index contributed by atoms with van der Waals surface area (Å²) in [6.45, 7) is 0.947. The minimum absolute atomic E-state index is 0.947. The molecule has 0 aromatic heterocycles. The molecule has 1 aliphatic rings. The van der Waals surface area contributed by atoms with Crippen molar-refractivity contribution in [3.05, 3.63) is 24.3 Å². The van der Waals surface area contributed by atoms with Gasteiger partial charge in [0, 0.05) is 37.8 Å². The van der Waals surface area contributed by atoms with Crippen LogP contribution in [0.2, 0.25) is 0 Å². The number of hydrogen-bond acceptors (Lipinski definition) is 4. The van der Waals surface area contributed by atoms with Crippen LogP contribution in [0, 0.1) is 0 Å². The van der Waals surface area contributed by atoms with Crippen LogP contribution < -0.4 is 10.2 Å². The van der Waals surface area contributed by atoms with E-state index in [0.29, 0.717) is 0 Å². The first-order valence-electron chi connectivity index (χ1n) is 5.47. The fraction of sp³-hybridized carbons (Fsp3) is 0.417. The predicted octanol–water partition coefficient (Wildman–Crippen LogP) is 2.66. The Bertz CT molecular complexity index is 388. The van der Waals surface area contributed by atoms with Crippen molar-refractivity contribution in [1.82, 2.24) is 0 Å². The van der Waals surface area contributed by atoms with Crippen molar-refractivity contribution in [2.75, 3.05) is 36.6 Å². The number of nitrogens with one attached hydrogen (secondary N) is 1. The van der Waals surface area contributed by atoms with E-state index in [1.807, 2.05) is 14.1 Å². The van der Waals surface area contributed by atoms with Gasteiger partial charge in [0.1, 0.15) is 0 Å². The first kappa shape index (κ1) is 11.3. The molecule has 2 rings (SSSR count). The molecule has 0 saturated carbocycles. The molecule has 4 heteroatoms. The Balaban J connectivity index is 2.09. The average Bonchev–Trinajstić information content (AvgIpc) is 2.30. The van der Waals surface area contributed by atoms with Crippen LogP contribution in [0.15, 0.2) is 29.3 Å². The van der Waals surface area contributed by atoms with Crippen LogP contribution in [0.1, 0.15) is 6.42 Å². The van der Waals surface area contributed by atoms with Gasteiger partial charge in [-0.15, -0.1) is 0 Å². The predicted molar refractivity (Wildman–Crippen MR) is 73.8 cm³/mol. The molecule has 0 atom stereocenters. The van der Waals surface area contributed by atoms with Crippen molar-refractivity contribution in [3.63, 3.8) is 0 Å². The maximum Gasteiger partial charge on any atom is 0.161 e. The average molecular weight is 235 g/mol. The van der Waals surface area contributed by atoms with Crippen molar-refractivity contribution in [2.45, 2.75) is 6.42 Å². The molecule has 16 heavy (non-hydrogen) atoms. The number of nitrogens with zero attached hydrogens (tertiary/aromatic N) is 2. The summed E-state index contributed by atoms with van der Waals surface area (Å²) in [7, 11) is 4.10. The molecular weight excluding hydrogens is 218 g/mol. The van der Waals surface area contributed by atoms with Crippen LogP contribution in [0.25, 0.3) is 0 Å². The molecule has 1 aromatic carbocycles. The molecule has 0 amide bonds. The third-order valence-electron chi connectivity index (χ3n) is 2.41. The van der Waals surface area contributed by atoms with Crippen molar-refractivity contribution >= 4 is 28.3 Å². The topological polar surface area (TPSA) is 27.6 Å². The van der Waals surface area contributed by atoms with Gasteiger partial charge in [0.25, 0.3) is 0 Å². The van der Waals surface area contributed by atoms with Crippen LogP contribution in [0.5, 0.6) is 0 Å². The molecule has 1 aliphatic heterocycles. The quantitative estimate of drug-likeness (QED) is 0.854. The van der Waals surface area contributed by atoms with E-state index in [0.717, 1.165) is 17.4 Å². The number of amidine groups is 1. The highest BCUT2D eigenvalue weighted by Gasteiger charge is 2.06. The SMILES string of the molecule is CN(C)c1cccc(NC2=NCCCS2)c1. The van der Waals surface area contributed by atoms with Gasteiger partial charge in [-0.05, 0) is 24.6 Å². The maximum absolute atomic E-state index is 4.45. The Morgan fingerprint density at radius 1 is 1.38 bits per heavy atom. The summed E-state index contributed by atoms with van der Waals surface area (Å²) in [5, 5.41) is 4.41. The normalized spacial score (nSPS) is 15.5. The molecule has 0 fully saturated rings. The molecule has 0 bridgehead atoms. The van der Waals surface area contributed by atoms with E-state index >= 15 is 0 Å². The second kappa shape index (κ2) is 5.25. The van der Waals surface area contributed by atoms with Gasteiger partial charge < -0.3 is 10.2 Å². The van der Waals surface area contributed by atoms with E-state index < -0.39 is 0 Å².